The Kier molecular flexibility index (Phi) is 7.02. The Hall–Kier alpha value is -2.62. The largest absolute Gasteiger partial charge is 0.383 e. The number of oxime groups is 1. The molecule has 1 amide bonds. The van der Waals surface area contributed by atoms with Gasteiger partial charge in [-0.1, -0.05) is 65.8 Å². The summed E-state index contributed by atoms with van der Waals surface area (Å²) in [4.78, 5) is 17.3. The SMILES string of the molecule is CC(CCc1ccccc1)NC(=O)C(C)O/N=C/c1ccccc1. The molecule has 0 spiro atoms. The molecule has 2 unspecified atom stereocenters. The molecule has 0 fully saturated rings. The predicted octanol–water partition coefficient (Wildman–Crippen LogP) is 3.56. The highest BCUT2D eigenvalue weighted by molar-refractivity contribution is 5.81. The monoisotopic (exact) mass is 324 g/mol. The highest BCUT2D eigenvalue weighted by Crippen LogP contribution is 2.05. The molecule has 0 aliphatic rings. The third kappa shape index (κ3) is 6.24. The van der Waals surface area contributed by atoms with Crippen LogP contribution in [-0.2, 0) is 16.1 Å². The third-order valence-corrected chi connectivity index (χ3v) is 3.69. The number of nitrogens with one attached hydrogen (secondary N) is 1. The van der Waals surface area contributed by atoms with E-state index in [2.05, 4.69) is 22.6 Å². The molecule has 4 heteroatoms. The zero-order valence-electron chi connectivity index (χ0n) is 14.2. The minimum atomic E-state index is -0.621. The number of amides is 1. The highest BCUT2D eigenvalue weighted by atomic mass is 16.6. The first kappa shape index (κ1) is 17.7. The number of hydrogen-bond donors (Lipinski definition) is 1. The van der Waals surface area contributed by atoms with E-state index in [4.69, 9.17) is 4.84 Å². The topological polar surface area (TPSA) is 50.7 Å². The number of nitrogens with zero attached hydrogens (tertiary/aromatic N) is 1. The zero-order chi connectivity index (χ0) is 17.2. The van der Waals surface area contributed by atoms with Crippen LogP contribution in [0.5, 0.6) is 0 Å². The average Bonchev–Trinajstić information content (AvgIpc) is 2.61. The molecule has 2 aromatic rings. The van der Waals surface area contributed by atoms with Crippen LogP contribution in [0.15, 0.2) is 65.8 Å². The molecule has 0 saturated heterocycles. The van der Waals surface area contributed by atoms with Gasteiger partial charge in [0.15, 0.2) is 0 Å². The fourth-order valence-corrected chi connectivity index (χ4v) is 2.23. The van der Waals surface area contributed by atoms with Gasteiger partial charge >= 0.3 is 0 Å². The maximum atomic E-state index is 12.1. The summed E-state index contributed by atoms with van der Waals surface area (Å²) in [5.74, 6) is -0.152. The first-order chi connectivity index (χ1) is 11.6. The Balaban J connectivity index is 1.71. The standard InChI is InChI=1S/C20H24N2O2/c1-16(13-14-18-9-5-3-6-10-18)22-20(23)17(2)24-21-15-19-11-7-4-8-12-19/h3-12,15-17H,13-14H2,1-2H3,(H,22,23)/b21-15+. The Morgan fingerprint density at radius 3 is 2.38 bits per heavy atom. The lowest BCUT2D eigenvalue weighted by Gasteiger charge is -2.16. The number of carbonyl (C=O) groups is 1. The van der Waals surface area contributed by atoms with Crippen molar-refractivity contribution in [3.63, 3.8) is 0 Å². The molecule has 0 aliphatic heterocycles. The van der Waals surface area contributed by atoms with E-state index in [-0.39, 0.29) is 11.9 Å². The van der Waals surface area contributed by atoms with Gasteiger partial charge in [-0.15, -0.1) is 0 Å². The van der Waals surface area contributed by atoms with Crippen LogP contribution in [0.2, 0.25) is 0 Å². The van der Waals surface area contributed by atoms with Gasteiger partial charge in [-0.2, -0.15) is 0 Å². The third-order valence-electron chi connectivity index (χ3n) is 3.69. The number of rotatable bonds is 8. The molecule has 2 atom stereocenters. The van der Waals surface area contributed by atoms with Crippen LogP contribution < -0.4 is 5.32 Å². The Bertz CT molecular complexity index is 641. The van der Waals surface area contributed by atoms with Crippen molar-refractivity contribution in [2.75, 3.05) is 0 Å². The van der Waals surface area contributed by atoms with Gasteiger partial charge in [0.05, 0.1) is 6.21 Å². The van der Waals surface area contributed by atoms with E-state index in [1.807, 2.05) is 55.5 Å². The van der Waals surface area contributed by atoms with Crippen molar-refractivity contribution in [2.24, 2.45) is 5.16 Å². The van der Waals surface area contributed by atoms with E-state index >= 15 is 0 Å². The predicted molar refractivity (Wildman–Crippen MR) is 97.0 cm³/mol. The van der Waals surface area contributed by atoms with Crippen molar-refractivity contribution in [1.82, 2.24) is 5.32 Å². The quantitative estimate of drug-likeness (QED) is 0.596. The Labute approximate surface area is 143 Å². The lowest BCUT2D eigenvalue weighted by Crippen LogP contribution is -2.39. The molecule has 2 aromatic carbocycles. The maximum absolute atomic E-state index is 12.1. The molecule has 0 saturated carbocycles. The molecule has 2 rings (SSSR count). The number of hydrogen-bond acceptors (Lipinski definition) is 3. The van der Waals surface area contributed by atoms with Crippen molar-refractivity contribution in [1.29, 1.82) is 0 Å². The van der Waals surface area contributed by atoms with E-state index in [0.717, 1.165) is 18.4 Å². The smallest absolute Gasteiger partial charge is 0.263 e. The van der Waals surface area contributed by atoms with Gasteiger partial charge in [0.2, 0.25) is 6.10 Å². The molecule has 0 aliphatic carbocycles. The fourth-order valence-electron chi connectivity index (χ4n) is 2.23. The van der Waals surface area contributed by atoms with E-state index in [1.165, 1.54) is 5.56 Å². The summed E-state index contributed by atoms with van der Waals surface area (Å²) in [7, 11) is 0. The number of benzene rings is 2. The average molecular weight is 324 g/mol. The molecule has 0 radical (unpaired) electrons. The highest BCUT2D eigenvalue weighted by Gasteiger charge is 2.16. The van der Waals surface area contributed by atoms with Crippen molar-refractivity contribution in [3.05, 3.63) is 71.8 Å². The van der Waals surface area contributed by atoms with Crippen molar-refractivity contribution >= 4 is 12.1 Å². The molecule has 0 aromatic heterocycles. The Morgan fingerprint density at radius 1 is 1.08 bits per heavy atom. The van der Waals surface area contributed by atoms with Crippen molar-refractivity contribution in [2.45, 2.75) is 38.8 Å². The summed E-state index contributed by atoms with van der Waals surface area (Å²) >= 11 is 0. The van der Waals surface area contributed by atoms with Gasteiger partial charge < -0.3 is 10.2 Å². The maximum Gasteiger partial charge on any atom is 0.263 e. The second-order valence-electron chi connectivity index (χ2n) is 5.83. The molecule has 126 valence electrons. The Morgan fingerprint density at radius 2 is 1.71 bits per heavy atom. The molecule has 0 bridgehead atoms. The van der Waals surface area contributed by atoms with E-state index in [0.29, 0.717) is 0 Å². The summed E-state index contributed by atoms with van der Waals surface area (Å²) in [6.07, 6.45) is 2.80. The fraction of sp³-hybridized carbons (Fsp3) is 0.300. The second kappa shape index (κ2) is 9.50. The van der Waals surface area contributed by atoms with Crippen molar-refractivity contribution < 1.29 is 9.63 Å². The van der Waals surface area contributed by atoms with Gasteiger partial charge in [0.25, 0.3) is 5.91 Å². The molecule has 4 nitrogen and oxygen atoms in total. The van der Waals surface area contributed by atoms with E-state index in [9.17, 15) is 4.79 Å². The summed E-state index contributed by atoms with van der Waals surface area (Å²) in [6, 6.07) is 20.0. The van der Waals surface area contributed by atoms with Crippen LogP contribution in [0.1, 0.15) is 31.4 Å². The summed E-state index contributed by atoms with van der Waals surface area (Å²) in [5.41, 5.74) is 2.21. The molecular weight excluding hydrogens is 300 g/mol. The summed E-state index contributed by atoms with van der Waals surface area (Å²) < 4.78 is 0. The molecule has 24 heavy (non-hydrogen) atoms. The molecule has 0 heterocycles. The lowest BCUT2D eigenvalue weighted by molar-refractivity contribution is -0.132. The number of carbonyl (C=O) groups excluding carboxylic acids is 1. The van der Waals surface area contributed by atoms with Crippen LogP contribution >= 0.6 is 0 Å². The van der Waals surface area contributed by atoms with Gasteiger partial charge in [-0.3, -0.25) is 4.79 Å². The number of aryl methyl sites for hydroxylation is 1. The van der Waals surface area contributed by atoms with Crippen LogP contribution in [0.4, 0.5) is 0 Å². The first-order valence-electron chi connectivity index (χ1n) is 8.23. The summed E-state index contributed by atoms with van der Waals surface area (Å²) in [6.45, 7) is 3.70. The molecular formula is C20H24N2O2. The van der Waals surface area contributed by atoms with Gasteiger partial charge in [-0.05, 0) is 37.8 Å². The lowest BCUT2D eigenvalue weighted by atomic mass is 10.1. The molecule has 1 N–H and O–H groups in total. The first-order valence-corrected chi connectivity index (χ1v) is 8.23. The second-order valence-corrected chi connectivity index (χ2v) is 5.83. The van der Waals surface area contributed by atoms with Gasteiger partial charge in [0, 0.05) is 6.04 Å². The van der Waals surface area contributed by atoms with E-state index in [1.54, 1.807) is 13.1 Å². The summed E-state index contributed by atoms with van der Waals surface area (Å²) in [5, 5.41) is 6.84. The van der Waals surface area contributed by atoms with Gasteiger partial charge in [-0.25, -0.2) is 0 Å². The van der Waals surface area contributed by atoms with Crippen molar-refractivity contribution in [3.8, 4) is 0 Å². The van der Waals surface area contributed by atoms with Crippen LogP contribution in [0, 0.1) is 0 Å². The van der Waals surface area contributed by atoms with Crippen LogP contribution in [-0.4, -0.2) is 24.3 Å². The van der Waals surface area contributed by atoms with Crippen LogP contribution in [0.3, 0.4) is 0 Å². The minimum absolute atomic E-state index is 0.0851. The normalized spacial score (nSPS) is 13.4. The van der Waals surface area contributed by atoms with Gasteiger partial charge in [0.1, 0.15) is 0 Å². The minimum Gasteiger partial charge on any atom is -0.383 e. The van der Waals surface area contributed by atoms with Crippen LogP contribution in [0.25, 0.3) is 0 Å². The zero-order valence-corrected chi connectivity index (χ0v) is 14.2. The van der Waals surface area contributed by atoms with E-state index < -0.39 is 6.10 Å².